The molecule has 82 heavy (non-hydrogen) atoms. The molecule has 0 fully saturated rings. The zero-order valence-corrected chi connectivity index (χ0v) is 57.2. The molecule has 3 N–H and O–H groups in total. The van der Waals surface area contributed by atoms with Crippen LogP contribution in [0.5, 0.6) is 0 Å². The lowest BCUT2D eigenvalue weighted by atomic mass is 10.0. The molecule has 0 saturated carbocycles. The van der Waals surface area contributed by atoms with Gasteiger partial charge in [-0.3, -0.25) is 13.8 Å². The smallest absolute Gasteiger partial charge is 0.387 e. The van der Waals surface area contributed by atoms with Gasteiger partial charge in [-0.25, -0.2) is 4.57 Å². The summed E-state index contributed by atoms with van der Waals surface area (Å²) in [6, 6.07) is -0.844. The van der Waals surface area contributed by atoms with Gasteiger partial charge in [0.05, 0.1) is 39.9 Å². The predicted octanol–water partition coefficient (Wildman–Crippen LogP) is 23.7. The van der Waals surface area contributed by atoms with E-state index in [1.165, 1.54) is 347 Å². The van der Waals surface area contributed by atoms with Gasteiger partial charge in [0, 0.05) is 6.42 Å². The minimum absolute atomic E-state index is 0.0655. The van der Waals surface area contributed by atoms with Crippen LogP contribution in [0.3, 0.4) is 0 Å². The van der Waals surface area contributed by atoms with Crippen molar-refractivity contribution in [2.75, 3.05) is 40.9 Å². The summed E-state index contributed by atoms with van der Waals surface area (Å²) in [4.78, 5) is 23.4. The molecule has 490 valence electrons. The van der Waals surface area contributed by atoms with Gasteiger partial charge in [-0.05, 0) is 19.3 Å². The van der Waals surface area contributed by atoms with Gasteiger partial charge in [0.15, 0.2) is 0 Å². The number of phosphoric acid groups is 1. The average molecular weight is 1180 g/mol. The first-order valence-electron chi connectivity index (χ1n) is 37.1. The van der Waals surface area contributed by atoms with E-state index in [4.69, 9.17) is 9.05 Å². The van der Waals surface area contributed by atoms with Crippen molar-refractivity contribution in [1.29, 1.82) is 0 Å². The van der Waals surface area contributed by atoms with Crippen molar-refractivity contribution in [3.05, 3.63) is 12.2 Å². The van der Waals surface area contributed by atoms with Crippen molar-refractivity contribution in [2.24, 2.45) is 0 Å². The monoisotopic (exact) mass is 1180 g/mol. The van der Waals surface area contributed by atoms with Crippen LogP contribution in [0.25, 0.3) is 0 Å². The summed E-state index contributed by atoms with van der Waals surface area (Å²) in [5.74, 6) is -0.166. The quantitative estimate of drug-likeness (QED) is 0.0243. The lowest BCUT2D eigenvalue weighted by Gasteiger charge is -2.25. The van der Waals surface area contributed by atoms with E-state index in [1.54, 1.807) is 6.08 Å². The fraction of sp³-hybridized carbons (Fsp3) is 0.959. The van der Waals surface area contributed by atoms with E-state index in [-0.39, 0.29) is 19.1 Å². The summed E-state index contributed by atoms with van der Waals surface area (Å²) in [5, 5.41) is 14.0. The van der Waals surface area contributed by atoms with E-state index < -0.39 is 20.0 Å². The molecule has 9 heteroatoms. The van der Waals surface area contributed by atoms with Gasteiger partial charge in [0.25, 0.3) is 0 Å². The number of aliphatic hydroxyl groups is 1. The van der Waals surface area contributed by atoms with Gasteiger partial charge in [-0.1, -0.05) is 386 Å². The lowest BCUT2D eigenvalue weighted by molar-refractivity contribution is -0.870. The first-order chi connectivity index (χ1) is 40.0. The molecule has 0 aromatic heterocycles. The van der Waals surface area contributed by atoms with Gasteiger partial charge >= 0.3 is 7.82 Å². The number of likely N-dealkylation sites (N-methyl/N-ethyl adjacent to an activating group) is 1. The average Bonchev–Trinajstić information content (AvgIpc) is 3.46. The van der Waals surface area contributed by atoms with Crippen molar-refractivity contribution < 1.29 is 32.9 Å². The number of hydrogen-bond donors (Lipinski definition) is 3. The van der Waals surface area contributed by atoms with Gasteiger partial charge in [0.2, 0.25) is 5.91 Å². The third-order valence-electron chi connectivity index (χ3n) is 17.5. The number of carbonyl (C=O) groups excluding carboxylic acids is 1. The van der Waals surface area contributed by atoms with Crippen LogP contribution in [0.2, 0.25) is 0 Å². The number of quaternary nitrogens is 1. The molecule has 1 amide bonds. The number of carbonyl (C=O) groups is 1. The van der Waals surface area contributed by atoms with E-state index in [0.717, 1.165) is 32.1 Å². The maximum absolute atomic E-state index is 13.1. The van der Waals surface area contributed by atoms with Crippen LogP contribution in [0.1, 0.15) is 399 Å². The Morgan fingerprint density at radius 1 is 0.402 bits per heavy atom. The van der Waals surface area contributed by atoms with Crippen LogP contribution in [0, 0.1) is 0 Å². The van der Waals surface area contributed by atoms with E-state index in [1.807, 2.05) is 27.2 Å². The summed E-state index contributed by atoms with van der Waals surface area (Å²) in [6.07, 6.45) is 83.9. The Balaban J connectivity index is 3.91. The Bertz CT molecular complexity index is 1340. The molecular formula is C73H148N2O6P+. The fourth-order valence-corrected chi connectivity index (χ4v) is 12.5. The minimum Gasteiger partial charge on any atom is -0.387 e. The van der Waals surface area contributed by atoms with E-state index in [9.17, 15) is 19.4 Å². The number of allylic oxidation sites excluding steroid dienone is 1. The SMILES string of the molecule is CCCCCCCCCCCCCCCCCCCCCC/C=C/C(O)C(COP(=O)(O)OCC[N+](C)(C)C)NC(=O)CCCCCCCCCCCCCCCCCCCCCCCCCCCCCCCCCCCCCCCC. The number of aliphatic hydroxyl groups excluding tert-OH is 1. The van der Waals surface area contributed by atoms with Crippen LogP contribution < -0.4 is 5.32 Å². The number of phosphoric ester groups is 1. The minimum atomic E-state index is -4.35. The van der Waals surface area contributed by atoms with Crippen molar-refractivity contribution in [2.45, 2.75) is 411 Å². The first kappa shape index (κ1) is 81.2. The highest BCUT2D eigenvalue weighted by Gasteiger charge is 2.28. The molecule has 0 bridgehead atoms. The highest BCUT2D eigenvalue weighted by Crippen LogP contribution is 2.43. The van der Waals surface area contributed by atoms with Crippen LogP contribution in [-0.2, 0) is 18.4 Å². The molecule has 0 aliphatic carbocycles. The first-order valence-corrected chi connectivity index (χ1v) is 38.6. The number of amides is 1. The summed E-state index contributed by atoms with van der Waals surface area (Å²) in [7, 11) is 1.60. The molecule has 0 saturated heterocycles. The molecule has 0 radical (unpaired) electrons. The third-order valence-corrected chi connectivity index (χ3v) is 18.5. The summed E-state index contributed by atoms with van der Waals surface area (Å²) >= 11 is 0. The Morgan fingerprint density at radius 2 is 0.646 bits per heavy atom. The Hall–Kier alpha value is -0.760. The molecule has 0 heterocycles. The van der Waals surface area contributed by atoms with Gasteiger partial charge in [-0.2, -0.15) is 0 Å². The fourth-order valence-electron chi connectivity index (χ4n) is 11.8. The molecule has 3 atom stereocenters. The summed E-state index contributed by atoms with van der Waals surface area (Å²) in [6.45, 7) is 4.89. The topological polar surface area (TPSA) is 105 Å². The molecule has 0 rings (SSSR count). The second-order valence-corrected chi connectivity index (χ2v) is 28.5. The van der Waals surface area contributed by atoms with Crippen LogP contribution >= 0.6 is 7.82 Å². The standard InChI is InChI=1S/C73H147N2O6P/c1-6-8-10-12-14-16-18-20-22-24-26-28-30-31-32-33-34-35-36-37-38-39-40-41-42-43-44-45-47-49-51-53-55-57-59-61-63-65-67-73(77)74-71(70-81-82(78,79)80-69-68-75(3,4)5)72(76)66-64-62-60-58-56-54-52-50-48-46-29-27-25-23-21-19-17-15-13-11-9-7-2/h64,66,71-72,76H,6-63,65,67-70H2,1-5H3,(H-,74,77,78,79)/p+1/b66-64+. The molecular weight excluding hydrogens is 1030 g/mol. The van der Waals surface area contributed by atoms with Crippen LogP contribution in [-0.4, -0.2) is 73.4 Å². The van der Waals surface area contributed by atoms with Gasteiger partial charge in [0.1, 0.15) is 13.2 Å². The van der Waals surface area contributed by atoms with Crippen LogP contribution in [0.4, 0.5) is 0 Å². The molecule has 0 aliphatic rings. The molecule has 3 unspecified atom stereocenters. The number of rotatable bonds is 70. The molecule has 0 spiro atoms. The Kier molecular flexibility index (Phi) is 64.1. The number of nitrogens with zero attached hydrogens (tertiary/aromatic N) is 1. The van der Waals surface area contributed by atoms with Gasteiger partial charge < -0.3 is 19.8 Å². The number of unbranched alkanes of at least 4 members (excludes halogenated alkanes) is 57. The lowest BCUT2D eigenvalue weighted by Crippen LogP contribution is -2.45. The Morgan fingerprint density at radius 3 is 0.902 bits per heavy atom. The molecule has 0 aliphatic heterocycles. The second kappa shape index (κ2) is 64.7. The van der Waals surface area contributed by atoms with Crippen molar-refractivity contribution in [3.8, 4) is 0 Å². The highest BCUT2D eigenvalue weighted by molar-refractivity contribution is 7.47. The van der Waals surface area contributed by atoms with E-state index in [2.05, 4.69) is 19.2 Å². The summed E-state index contributed by atoms with van der Waals surface area (Å²) in [5.41, 5.74) is 0. The van der Waals surface area contributed by atoms with E-state index >= 15 is 0 Å². The zero-order chi connectivity index (χ0) is 59.8. The molecule has 0 aromatic rings. The van der Waals surface area contributed by atoms with Crippen molar-refractivity contribution >= 4 is 13.7 Å². The third kappa shape index (κ3) is 66.8. The Labute approximate surface area is 513 Å². The summed E-state index contributed by atoms with van der Waals surface area (Å²) < 4.78 is 23.8. The largest absolute Gasteiger partial charge is 0.472 e. The number of nitrogens with one attached hydrogen (secondary N) is 1. The highest BCUT2D eigenvalue weighted by atomic mass is 31.2. The predicted molar refractivity (Wildman–Crippen MR) is 360 cm³/mol. The van der Waals surface area contributed by atoms with E-state index in [0.29, 0.717) is 17.4 Å². The number of hydrogen-bond acceptors (Lipinski definition) is 5. The van der Waals surface area contributed by atoms with Crippen molar-refractivity contribution in [1.82, 2.24) is 5.32 Å². The molecule has 0 aromatic carbocycles. The second-order valence-electron chi connectivity index (χ2n) is 27.0. The normalized spacial score (nSPS) is 13.6. The maximum atomic E-state index is 13.1. The maximum Gasteiger partial charge on any atom is 0.472 e. The zero-order valence-electron chi connectivity index (χ0n) is 56.3. The molecule has 8 nitrogen and oxygen atoms in total. The van der Waals surface area contributed by atoms with Crippen LogP contribution in [0.15, 0.2) is 12.2 Å². The van der Waals surface area contributed by atoms with Crippen molar-refractivity contribution in [3.63, 3.8) is 0 Å². The van der Waals surface area contributed by atoms with Gasteiger partial charge in [-0.15, -0.1) is 0 Å².